The van der Waals surface area contributed by atoms with Gasteiger partial charge in [0.05, 0.1) is 58.6 Å². The van der Waals surface area contributed by atoms with Crippen molar-refractivity contribution in [3.05, 3.63) is 77.6 Å². The van der Waals surface area contributed by atoms with E-state index < -0.39 is 17.7 Å². The summed E-state index contributed by atoms with van der Waals surface area (Å²) in [6, 6.07) is 16.5. The molecule has 1 aliphatic heterocycles. The van der Waals surface area contributed by atoms with Gasteiger partial charge in [0.15, 0.2) is 0 Å². The molecule has 4 aromatic rings. The number of fused-ring (bicyclic) bond motifs is 1. The van der Waals surface area contributed by atoms with Gasteiger partial charge >= 0.3 is 6.09 Å². The van der Waals surface area contributed by atoms with E-state index in [1.807, 2.05) is 36.4 Å². The Balaban J connectivity index is 1.44. The Bertz CT molecular complexity index is 1640. The molecule has 0 radical (unpaired) electrons. The van der Waals surface area contributed by atoms with E-state index in [2.05, 4.69) is 26.8 Å². The highest BCUT2D eigenvalue weighted by Gasteiger charge is 2.27. The van der Waals surface area contributed by atoms with Gasteiger partial charge in [-0.25, -0.2) is 13.7 Å². The van der Waals surface area contributed by atoms with Crippen molar-refractivity contribution < 1.29 is 23.8 Å². The molecule has 0 saturated carbocycles. The third-order valence-corrected chi connectivity index (χ3v) is 6.70. The van der Waals surface area contributed by atoms with Crippen molar-refractivity contribution in [1.82, 2.24) is 24.8 Å². The zero-order valence-corrected chi connectivity index (χ0v) is 22.5. The molecule has 2 amide bonds. The molecule has 5 rings (SSSR count). The van der Waals surface area contributed by atoms with Crippen molar-refractivity contribution in [1.29, 1.82) is 5.26 Å². The third kappa shape index (κ3) is 6.10. The maximum absolute atomic E-state index is 14.3. The van der Waals surface area contributed by atoms with E-state index in [9.17, 15) is 24.3 Å². The van der Waals surface area contributed by atoms with E-state index >= 15 is 0 Å². The van der Waals surface area contributed by atoms with Crippen LogP contribution in [0.25, 0.3) is 16.9 Å². The van der Waals surface area contributed by atoms with Gasteiger partial charge in [0.2, 0.25) is 0 Å². The summed E-state index contributed by atoms with van der Waals surface area (Å²) >= 11 is 0. The van der Waals surface area contributed by atoms with Crippen molar-refractivity contribution in [2.24, 2.45) is 0 Å². The lowest BCUT2D eigenvalue weighted by Gasteiger charge is -2.22. The molecule has 1 aliphatic rings. The number of ether oxygens (including phenoxy) is 1. The minimum atomic E-state index is -1.67. The van der Waals surface area contributed by atoms with Crippen LogP contribution in [0.3, 0.4) is 0 Å². The Hall–Kier alpha value is -5.02. The highest BCUT2D eigenvalue weighted by molar-refractivity contribution is 6.00. The van der Waals surface area contributed by atoms with Crippen LogP contribution in [0, 0.1) is 11.3 Å². The summed E-state index contributed by atoms with van der Waals surface area (Å²) in [5, 5.41) is 29.2. The predicted molar refractivity (Wildman–Crippen MR) is 148 cm³/mol. The first-order chi connectivity index (χ1) is 19.6. The van der Waals surface area contributed by atoms with Gasteiger partial charge in [-0.3, -0.25) is 9.78 Å². The van der Waals surface area contributed by atoms with Gasteiger partial charge in [-0.2, -0.15) is 10.4 Å². The number of carbonyl (C=O) groups is 2. The number of anilines is 2. The molecule has 4 heterocycles. The van der Waals surface area contributed by atoms with E-state index in [-0.39, 0.29) is 18.2 Å². The Morgan fingerprint density at radius 3 is 2.68 bits per heavy atom. The van der Waals surface area contributed by atoms with Crippen molar-refractivity contribution >= 4 is 28.9 Å². The summed E-state index contributed by atoms with van der Waals surface area (Å²) in [5.41, 5.74) is 2.81. The third-order valence-electron chi connectivity index (χ3n) is 6.70. The average Bonchev–Trinajstić information content (AvgIpc) is 3.57. The molecule has 41 heavy (non-hydrogen) atoms. The minimum Gasteiger partial charge on any atom is -0.448 e. The zero-order chi connectivity index (χ0) is 29.1. The van der Waals surface area contributed by atoms with E-state index in [0.717, 1.165) is 5.56 Å². The number of benzene rings is 1. The number of nitriles is 1. The fraction of sp³-hybridized carbons (Fsp3) is 0.276. The molecule has 1 unspecified atom stereocenters. The molecule has 1 saturated heterocycles. The first-order valence-corrected chi connectivity index (χ1v) is 12.9. The zero-order valence-electron chi connectivity index (χ0n) is 22.5. The Kier molecular flexibility index (Phi) is 7.54. The lowest BCUT2D eigenvalue weighted by atomic mass is 10.0. The number of pyridine rings is 1. The van der Waals surface area contributed by atoms with Crippen LogP contribution < -0.4 is 10.6 Å². The molecule has 3 N–H and O–H groups in total. The number of hydrogen-bond acceptors (Lipinski definition) is 8. The SMILES string of the molecule is CC(C)(O)C(F)CNC(=O)c1cnc(-c2ccc3cc(C#N)cnn23)cc1Nc1ccc(CN2CCOC2=O)cc1. The molecule has 210 valence electrons. The monoisotopic (exact) mass is 557 g/mol. The topological polar surface area (TPSA) is 145 Å². The van der Waals surface area contributed by atoms with Gasteiger partial charge in [0.25, 0.3) is 5.91 Å². The Labute approximate surface area is 235 Å². The Morgan fingerprint density at radius 2 is 2.00 bits per heavy atom. The maximum atomic E-state index is 14.3. The van der Waals surface area contributed by atoms with Crippen LogP contribution in [0.15, 0.2) is 60.9 Å². The Morgan fingerprint density at radius 1 is 1.22 bits per heavy atom. The summed E-state index contributed by atoms with van der Waals surface area (Å²) in [6.45, 7) is 3.60. The summed E-state index contributed by atoms with van der Waals surface area (Å²) in [4.78, 5) is 31.0. The number of amides is 2. The molecule has 1 atom stereocenters. The summed E-state index contributed by atoms with van der Waals surface area (Å²) in [7, 11) is 0. The summed E-state index contributed by atoms with van der Waals surface area (Å²) in [6.07, 6.45) is 0.827. The van der Waals surface area contributed by atoms with Gasteiger partial charge in [-0.15, -0.1) is 0 Å². The maximum Gasteiger partial charge on any atom is 0.410 e. The minimum absolute atomic E-state index is 0.168. The quantitative estimate of drug-likeness (QED) is 0.282. The molecule has 3 aromatic heterocycles. The standard InChI is InChI=1S/C29H28FN7O4/c1-29(2,40)26(30)16-33-27(38)22-15-32-24(25-8-7-21-11-19(13-31)14-34-37(21)25)12-23(22)35-20-5-3-18(4-6-20)17-36-9-10-41-28(36)39/h3-8,11-12,14-15,26,40H,9-10,16-17H2,1-2H3,(H,32,35)(H,33,38). The van der Waals surface area contributed by atoms with Crippen molar-refractivity contribution in [2.75, 3.05) is 25.0 Å². The van der Waals surface area contributed by atoms with Crippen LogP contribution >= 0.6 is 0 Å². The van der Waals surface area contributed by atoms with Gasteiger partial charge < -0.3 is 25.4 Å². The number of nitrogens with one attached hydrogen (secondary N) is 2. The van der Waals surface area contributed by atoms with Gasteiger partial charge in [0.1, 0.15) is 18.8 Å². The molecular formula is C29H28FN7O4. The summed E-state index contributed by atoms with van der Waals surface area (Å²) < 4.78 is 21.0. The van der Waals surface area contributed by atoms with Crippen LogP contribution in [-0.4, -0.2) is 68.1 Å². The van der Waals surface area contributed by atoms with Gasteiger partial charge in [-0.05, 0) is 55.8 Å². The fourth-order valence-electron chi connectivity index (χ4n) is 4.30. The number of cyclic esters (lactones) is 1. The second-order valence-corrected chi connectivity index (χ2v) is 10.2. The highest BCUT2D eigenvalue weighted by atomic mass is 19.1. The number of alkyl halides is 1. The van der Waals surface area contributed by atoms with Crippen LogP contribution in [0.1, 0.15) is 35.3 Å². The van der Waals surface area contributed by atoms with Crippen LogP contribution in [-0.2, 0) is 11.3 Å². The molecule has 11 nitrogen and oxygen atoms in total. The normalized spacial score (nSPS) is 14.0. The lowest BCUT2D eigenvalue weighted by Crippen LogP contribution is -2.42. The molecule has 0 spiro atoms. The number of hydrogen-bond donors (Lipinski definition) is 3. The van der Waals surface area contributed by atoms with E-state index in [1.165, 1.54) is 26.2 Å². The van der Waals surface area contributed by atoms with Crippen molar-refractivity contribution in [3.63, 3.8) is 0 Å². The van der Waals surface area contributed by atoms with Crippen LogP contribution in [0.2, 0.25) is 0 Å². The van der Waals surface area contributed by atoms with E-state index in [4.69, 9.17) is 4.74 Å². The lowest BCUT2D eigenvalue weighted by molar-refractivity contribution is -0.00177. The smallest absolute Gasteiger partial charge is 0.410 e. The summed E-state index contributed by atoms with van der Waals surface area (Å²) in [5.74, 6) is -0.570. The largest absolute Gasteiger partial charge is 0.448 e. The molecule has 1 aromatic carbocycles. The number of nitrogens with zero attached hydrogens (tertiary/aromatic N) is 5. The number of aliphatic hydroxyl groups is 1. The first-order valence-electron chi connectivity index (χ1n) is 12.9. The second-order valence-electron chi connectivity index (χ2n) is 10.2. The van der Waals surface area contributed by atoms with Crippen LogP contribution in [0.5, 0.6) is 0 Å². The van der Waals surface area contributed by atoms with E-state index in [0.29, 0.717) is 53.5 Å². The number of aromatic nitrogens is 3. The number of carbonyl (C=O) groups excluding carboxylic acids is 2. The average molecular weight is 558 g/mol. The van der Waals surface area contributed by atoms with Crippen molar-refractivity contribution in [3.8, 4) is 17.5 Å². The molecule has 12 heteroatoms. The highest BCUT2D eigenvalue weighted by Crippen LogP contribution is 2.28. The van der Waals surface area contributed by atoms with Crippen LogP contribution in [0.4, 0.5) is 20.6 Å². The van der Waals surface area contributed by atoms with E-state index in [1.54, 1.807) is 21.5 Å². The molecule has 0 bridgehead atoms. The first kappa shape index (κ1) is 27.5. The number of rotatable bonds is 9. The number of halogens is 1. The molecule has 0 aliphatic carbocycles. The second kappa shape index (κ2) is 11.2. The molecule has 1 fully saturated rings. The fourth-order valence-corrected chi connectivity index (χ4v) is 4.30. The van der Waals surface area contributed by atoms with Gasteiger partial charge in [-0.1, -0.05) is 12.1 Å². The molecular weight excluding hydrogens is 529 g/mol. The van der Waals surface area contributed by atoms with Gasteiger partial charge in [0, 0.05) is 18.4 Å². The van der Waals surface area contributed by atoms with Crippen molar-refractivity contribution in [2.45, 2.75) is 32.2 Å². The predicted octanol–water partition coefficient (Wildman–Crippen LogP) is 3.80.